The Kier molecular flexibility index (Phi) is 3.63. The lowest BCUT2D eigenvalue weighted by molar-refractivity contribution is 0.1000. The molecule has 0 atom stereocenters. The Morgan fingerprint density at radius 2 is 1.94 bits per heavy atom. The first kappa shape index (κ1) is 12.2. The van der Waals surface area contributed by atoms with Gasteiger partial charge in [0.25, 0.3) is 0 Å². The summed E-state index contributed by atoms with van der Waals surface area (Å²) in [4.78, 5) is 11.0. The Hall–Kier alpha value is -2.29. The molecule has 3 nitrogen and oxygen atoms in total. The molecule has 0 saturated heterocycles. The molecular weight excluding hydrogens is 226 g/mol. The van der Waals surface area contributed by atoms with E-state index in [1.54, 1.807) is 18.2 Å². The normalized spacial score (nSPS) is 10.1. The molecule has 0 spiro atoms. The van der Waals surface area contributed by atoms with Gasteiger partial charge in [0.15, 0.2) is 0 Å². The minimum Gasteiger partial charge on any atom is -0.489 e. The lowest BCUT2D eigenvalue weighted by Gasteiger charge is -2.07. The smallest absolute Gasteiger partial charge is 0.248 e. The molecule has 1 amide bonds. The molecule has 3 heteroatoms. The summed E-state index contributed by atoms with van der Waals surface area (Å²) in [5, 5.41) is 0. The van der Waals surface area contributed by atoms with Crippen LogP contribution in [0.1, 0.15) is 21.5 Å². The summed E-state index contributed by atoms with van der Waals surface area (Å²) in [7, 11) is 0. The quantitative estimate of drug-likeness (QED) is 0.894. The van der Waals surface area contributed by atoms with Crippen LogP contribution in [-0.2, 0) is 6.61 Å². The van der Waals surface area contributed by atoms with E-state index in [1.165, 1.54) is 5.56 Å². The van der Waals surface area contributed by atoms with Gasteiger partial charge in [0.2, 0.25) is 5.91 Å². The van der Waals surface area contributed by atoms with Crippen LogP contribution >= 0.6 is 0 Å². The van der Waals surface area contributed by atoms with Gasteiger partial charge in [-0.15, -0.1) is 0 Å². The second kappa shape index (κ2) is 5.36. The summed E-state index contributed by atoms with van der Waals surface area (Å²) in [6.45, 7) is 2.51. The lowest BCUT2D eigenvalue weighted by atomic mass is 10.1. The third-order valence-corrected chi connectivity index (χ3v) is 2.61. The van der Waals surface area contributed by atoms with Crippen LogP contribution in [0.2, 0.25) is 0 Å². The fraction of sp³-hybridized carbons (Fsp3) is 0.133. The van der Waals surface area contributed by atoms with Crippen LogP contribution in [0, 0.1) is 6.92 Å². The van der Waals surface area contributed by atoms with E-state index in [0.717, 1.165) is 5.56 Å². The SMILES string of the molecule is Cc1cccc(COc2cccc(C(N)=O)c2)c1. The third-order valence-electron chi connectivity index (χ3n) is 2.61. The van der Waals surface area contributed by atoms with Crippen molar-refractivity contribution in [3.8, 4) is 5.75 Å². The van der Waals surface area contributed by atoms with Crippen molar-refractivity contribution in [2.45, 2.75) is 13.5 Å². The molecule has 0 aromatic heterocycles. The number of rotatable bonds is 4. The Balaban J connectivity index is 2.06. The van der Waals surface area contributed by atoms with Crippen molar-refractivity contribution >= 4 is 5.91 Å². The number of amides is 1. The molecule has 2 rings (SSSR count). The van der Waals surface area contributed by atoms with Gasteiger partial charge in [-0.25, -0.2) is 0 Å². The van der Waals surface area contributed by atoms with Crippen molar-refractivity contribution in [3.05, 3.63) is 65.2 Å². The van der Waals surface area contributed by atoms with E-state index in [1.807, 2.05) is 31.2 Å². The zero-order valence-electron chi connectivity index (χ0n) is 10.2. The number of nitrogens with two attached hydrogens (primary N) is 1. The van der Waals surface area contributed by atoms with Gasteiger partial charge in [-0.2, -0.15) is 0 Å². The maximum atomic E-state index is 11.0. The van der Waals surface area contributed by atoms with Crippen molar-refractivity contribution in [1.82, 2.24) is 0 Å². The van der Waals surface area contributed by atoms with Crippen LogP contribution in [0.15, 0.2) is 48.5 Å². The molecule has 18 heavy (non-hydrogen) atoms. The van der Waals surface area contributed by atoms with Gasteiger partial charge in [0.1, 0.15) is 12.4 Å². The standard InChI is InChI=1S/C15H15NO2/c1-11-4-2-5-12(8-11)10-18-14-7-3-6-13(9-14)15(16)17/h2-9H,10H2,1H3,(H2,16,17). The topological polar surface area (TPSA) is 52.3 Å². The average Bonchev–Trinajstić information content (AvgIpc) is 2.37. The number of primary amides is 1. The average molecular weight is 241 g/mol. The summed E-state index contributed by atoms with van der Waals surface area (Å²) in [5.74, 6) is 0.198. The minimum absolute atomic E-state index is 0.448. The molecule has 0 bridgehead atoms. The number of ether oxygens (including phenoxy) is 1. The summed E-state index contributed by atoms with van der Waals surface area (Å²) in [6.07, 6.45) is 0. The third kappa shape index (κ3) is 3.10. The minimum atomic E-state index is -0.448. The molecule has 0 saturated carbocycles. The van der Waals surface area contributed by atoms with E-state index in [4.69, 9.17) is 10.5 Å². The highest BCUT2D eigenvalue weighted by atomic mass is 16.5. The molecule has 2 N–H and O–H groups in total. The molecule has 2 aromatic carbocycles. The molecule has 0 aliphatic carbocycles. The Morgan fingerprint density at radius 1 is 1.17 bits per heavy atom. The van der Waals surface area contributed by atoms with Crippen LogP contribution in [0.25, 0.3) is 0 Å². The van der Waals surface area contributed by atoms with E-state index >= 15 is 0 Å². The summed E-state index contributed by atoms with van der Waals surface area (Å²) < 4.78 is 5.63. The Morgan fingerprint density at radius 3 is 2.67 bits per heavy atom. The van der Waals surface area contributed by atoms with Crippen molar-refractivity contribution < 1.29 is 9.53 Å². The van der Waals surface area contributed by atoms with Crippen LogP contribution in [0.5, 0.6) is 5.75 Å². The van der Waals surface area contributed by atoms with Gasteiger partial charge in [-0.3, -0.25) is 4.79 Å². The second-order valence-corrected chi connectivity index (χ2v) is 4.17. The van der Waals surface area contributed by atoms with Crippen LogP contribution in [-0.4, -0.2) is 5.91 Å². The number of hydrogen-bond acceptors (Lipinski definition) is 2. The van der Waals surface area contributed by atoms with Gasteiger partial charge in [-0.1, -0.05) is 35.9 Å². The Labute approximate surface area is 106 Å². The molecule has 0 radical (unpaired) electrons. The van der Waals surface area contributed by atoms with Gasteiger partial charge < -0.3 is 10.5 Å². The van der Waals surface area contributed by atoms with Gasteiger partial charge >= 0.3 is 0 Å². The van der Waals surface area contributed by atoms with Crippen molar-refractivity contribution in [2.24, 2.45) is 5.73 Å². The van der Waals surface area contributed by atoms with E-state index in [2.05, 4.69) is 6.07 Å². The van der Waals surface area contributed by atoms with Crippen molar-refractivity contribution in [1.29, 1.82) is 0 Å². The zero-order valence-corrected chi connectivity index (χ0v) is 10.2. The van der Waals surface area contributed by atoms with Crippen LogP contribution in [0.4, 0.5) is 0 Å². The molecule has 0 unspecified atom stereocenters. The van der Waals surface area contributed by atoms with Gasteiger partial charge in [0, 0.05) is 5.56 Å². The molecule has 92 valence electrons. The van der Waals surface area contributed by atoms with E-state index in [9.17, 15) is 4.79 Å². The molecule has 2 aromatic rings. The van der Waals surface area contributed by atoms with Crippen molar-refractivity contribution in [3.63, 3.8) is 0 Å². The lowest BCUT2D eigenvalue weighted by Crippen LogP contribution is -2.10. The number of carbonyl (C=O) groups is 1. The van der Waals surface area contributed by atoms with E-state index < -0.39 is 5.91 Å². The number of aryl methyl sites for hydroxylation is 1. The maximum Gasteiger partial charge on any atom is 0.248 e. The van der Waals surface area contributed by atoms with Crippen LogP contribution < -0.4 is 10.5 Å². The second-order valence-electron chi connectivity index (χ2n) is 4.17. The first-order chi connectivity index (χ1) is 8.65. The van der Waals surface area contributed by atoms with Gasteiger partial charge in [-0.05, 0) is 30.7 Å². The molecule has 0 fully saturated rings. The monoisotopic (exact) mass is 241 g/mol. The summed E-state index contributed by atoms with van der Waals surface area (Å²) in [6, 6.07) is 15.0. The number of hydrogen-bond donors (Lipinski definition) is 1. The first-order valence-electron chi connectivity index (χ1n) is 5.73. The van der Waals surface area contributed by atoms with Crippen molar-refractivity contribution in [2.75, 3.05) is 0 Å². The maximum absolute atomic E-state index is 11.0. The highest BCUT2D eigenvalue weighted by molar-refractivity contribution is 5.93. The summed E-state index contributed by atoms with van der Waals surface area (Å²) >= 11 is 0. The van der Waals surface area contributed by atoms with E-state index in [0.29, 0.717) is 17.9 Å². The fourth-order valence-electron chi connectivity index (χ4n) is 1.71. The summed E-state index contributed by atoms with van der Waals surface area (Å²) in [5.41, 5.74) is 7.96. The number of carbonyl (C=O) groups excluding carboxylic acids is 1. The molecule has 0 aliphatic heterocycles. The molecule has 0 heterocycles. The largest absolute Gasteiger partial charge is 0.489 e. The highest BCUT2D eigenvalue weighted by Gasteiger charge is 2.02. The van der Waals surface area contributed by atoms with Crippen LogP contribution in [0.3, 0.4) is 0 Å². The highest BCUT2D eigenvalue weighted by Crippen LogP contribution is 2.15. The molecular formula is C15H15NO2. The predicted octanol–water partition coefficient (Wildman–Crippen LogP) is 2.67. The Bertz CT molecular complexity index is 564. The van der Waals surface area contributed by atoms with Gasteiger partial charge in [0.05, 0.1) is 0 Å². The van der Waals surface area contributed by atoms with E-state index in [-0.39, 0.29) is 0 Å². The predicted molar refractivity (Wildman–Crippen MR) is 70.5 cm³/mol. The molecule has 0 aliphatic rings. The first-order valence-corrected chi connectivity index (χ1v) is 5.73. The zero-order chi connectivity index (χ0) is 13.0. The fourth-order valence-corrected chi connectivity index (χ4v) is 1.71. The number of benzene rings is 2.